The second kappa shape index (κ2) is 6.97. The van der Waals surface area contributed by atoms with E-state index in [-0.39, 0.29) is 17.8 Å². The van der Waals surface area contributed by atoms with Crippen molar-refractivity contribution >= 4 is 6.09 Å². The number of piperidine rings is 1. The van der Waals surface area contributed by atoms with Gasteiger partial charge in [-0.1, -0.05) is 53.7 Å². The van der Waals surface area contributed by atoms with E-state index in [4.69, 9.17) is 4.74 Å². The summed E-state index contributed by atoms with van der Waals surface area (Å²) >= 11 is 0. The summed E-state index contributed by atoms with van der Waals surface area (Å²) in [5.74, 6) is 0.303. The number of H-pyrrole nitrogens is 1. The SMILES string of the molecule is O=C(OCC1c2ccccc2-c2ccccc21)N1CCC(O)(c2nn[nH]n2)CC1. The zero-order valence-corrected chi connectivity index (χ0v) is 15.8. The molecule has 0 radical (unpaired) electrons. The smallest absolute Gasteiger partial charge is 0.409 e. The summed E-state index contributed by atoms with van der Waals surface area (Å²) in [5.41, 5.74) is 3.62. The van der Waals surface area contributed by atoms with E-state index in [1.807, 2.05) is 24.3 Å². The van der Waals surface area contributed by atoms with Crippen LogP contribution in [0.5, 0.6) is 0 Å². The summed E-state index contributed by atoms with van der Waals surface area (Å²) in [6, 6.07) is 16.5. The third kappa shape index (κ3) is 3.05. The molecule has 29 heavy (non-hydrogen) atoms. The number of aromatic amines is 1. The number of likely N-dealkylation sites (tertiary alicyclic amines) is 1. The molecule has 5 rings (SSSR count). The summed E-state index contributed by atoms with van der Waals surface area (Å²) in [6.07, 6.45) is 0.329. The van der Waals surface area contributed by atoms with Crippen LogP contribution in [0.15, 0.2) is 48.5 Å². The van der Waals surface area contributed by atoms with Crippen molar-refractivity contribution in [2.24, 2.45) is 0 Å². The van der Waals surface area contributed by atoms with Gasteiger partial charge in [0.15, 0.2) is 0 Å². The highest BCUT2D eigenvalue weighted by atomic mass is 16.6. The van der Waals surface area contributed by atoms with E-state index in [1.165, 1.54) is 22.3 Å². The predicted molar refractivity (Wildman–Crippen MR) is 104 cm³/mol. The molecule has 2 heterocycles. The molecule has 2 aromatic carbocycles. The molecule has 1 aliphatic heterocycles. The van der Waals surface area contributed by atoms with Crippen LogP contribution < -0.4 is 0 Å². The molecule has 3 aromatic rings. The van der Waals surface area contributed by atoms with Gasteiger partial charge in [0.1, 0.15) is 12.2 Å². The molecule has 1 fully saturated rings. The number of carbonyl (C=O) groups is 1. The Morgan fingerprint density at radius 3 is 2.31 bits per heavy atom. The Kier molecular flexibility index (Phi) is 4.28. The Balaban J connectivity index is 1.25. The Hall–Kier alpha value is -3.26. The van der Waals surface area contributed by atoms with E-state index in [0.717, 1.165) is 0 Å². The number of hydrogen-bond donors (Lipinski definition) is 2. The number of fused-ring (bicyclic) bond motifs is 3. The van der Waals surface area contributed by atoms with Crippen molar-refractivity contribution in [1.29, 1.82) is 0 Å². The molecule has 1 saturated heterocycles. The molecule has 0 bridgehead atoms. The molecule has 0 atom stereocenters. The lowest BCUT2D eigenvalue weighted by Gasteiger charge is -2.35. The van der Waals surface area contributed by atoms with E-state index in [1.54, 1.807) is 4.90 Å². The van der Waals surface area contributed by atoms with Crippen LogP contribution in [0.25, 0.3) is 11.1 Å². The third-order valence-corrected chi connectivity index (χ3v) is 5.95. The monoisotopic (exact) mass is 391 g/mol. The molecular weight excluding hydrogens is 370 g/mol. The van der Waals surface area contributed by atoms with Crippen LogP contribution >= 0.6 is 0 Å². The van der Waals surface area contributed by atoms with E-state index in [2.05, 4.69) is 44.9 Å². The molecule has 1 aromatic heterocycles. The zero-order valence-electron chi connectivity index (χ0n) is 15.8. The van der Waals surface area contributed by atoms with Crippen LogP contribution in [-0.4, -0.2) is 56.4 Å². The van der Waals surface area contributed by atoms with E-state index in [0.29, 0.717) is 32.5 Å². The summed E-state index contributed by atoms with van der Waals surface area (Å²) < 4.78 is 5.69. The highest BCUT2D eigenvalue weighted by Crippen LogP contribution is 2.44. The lowest BCUT2D eigenvalue weighted by molar-refractivity contribution is -0.0316. The topological polar surface area (TPSA) is 104 Å². The van der Waals surface area contributed by atoms with Crippen LogP contribution in [0.2, 0.25) is 0 Å². The third-order valence-electron chi connectivity index (χ3n) is 5.95. The van der Waals surface area contributed by atoms with Crippen molar-refractivity contribution in [1.82, 2.24) is 25.5 Å². The number of amides is 1. The molecule has 0 saturated carbocycles. The van der Waals surface area contributed by atoms with Crippen molar-refractivity contribution < 1.29 is 14.6 Å². The minimum Gasteiger partial charge on any atom is -0.448 e. The highest BCUT2D eigenvalue weighted by Gasteiger charge is 2.39. The maximum absolute atomic E-state index is 12.6. The number of aliphatic hydroxyl groups is 1. The average Bonchev–Trinajstić information content (AvgIpc) is 3.40. The van der Waals surface area contributed by atoms with Gasteiger partial charge in [-0.25, -0.2) is 4.79 Å². The number of carbonyl (C=O) groups excluding carboxylic acids is 1. The van der Waals surface area contributed by atoms with Gasteiger partial charge in [0.05, 0.1) is 0 Å². The molecule has 0 spiro atoms. The van der Waals surface area contributed by atoms with Gasteiger partial charge in [0.2, 0.25) is 5.82 Å². The lowest BCUT2D eigenvalue weighted by atomic mass is 9.91. The van der Waals surface area contributed by atoms with Gasteiger partial charge < -0.3 is 14.7 Å². The fourth-order valence-electron chi connectivity index (χ4n) is 4.33. The minimum atomic E-state index is -1.16. The molecule has 8 heteroatoms. The molecule has 2 aliphatic rings. The largest absolute Gasteiger partial charge is 0.448 e. The Bertz CT molecular complexity index is 983. The quantitative estimate of drug-likeness (QED) is 0.711. The Morgan fingerprint density at radius 2 is 1.72 bits per heavy atom. The maximum atomic E-state index is 12.6. The van der Waals surface area contributed by atoms with Crippen molar-refractivity contribution in [2.75, 3.05) is 19.7 Å². The fraction of sp³-hybridized carbons (Fsp3) is 0.333. The van der Waals surface area contributed by atoms with Gasteiger partial charge >= 0.3 is 6.09 Å². The summed E-state index contributed by atoms with van der Waals surface area (Å²) in [7, 11) is 0. The first kappa shape index (κ1) is 17.8. The number of hydrogen-bond acceptors (Lipinski definition) is 6. The van der Waals surface area contributed by atoms with Crippen molar-refractivity contribution in [2.45, 2.75) is 24.4 Å². The Labute approximate surface area is 167 Å². The van der Waals surface area contributed by atoms with Crippen LogP contribution in [0.1, 0.15) is 35.7 Å². The Morgan fingerprint density at radius 1 is 1.10 bits per heavy atom. The first-order valence-electron chi connectivity index (χ1n) is 9.72. The van der Waals surface area contributed by atoms with E-state index >= 15 is 0 Å². The number of aromatic nitrogens is 4. The second-order valence-electron chi connectivity index (χ2n) is 7.56. The van der Waals surface area contributed by atoms with Crippen molar-refractivity contribution in [3.05, 3.63) is 65.5 Å². The lowest BCUT2D eigenvalue weighted by Crippen LogP contribution is -2.46. The predicted octanol–water partition coefficient (Wildman–Crippen LogP) is 2.43. The van der Waals surface area contributed by atoms with Crippen LogP contribution in [-0.2, 0) is 10.3 Å². The fourth-order valence-corrected chi connectivity index (χ4v) is 4.33. The van der Waals surface area contributed by atoms with Crippen LogP contribution in [0.4, 0.5) is 4.79 Å². The van der Waals surface area contributed by atoms with Gasteiger partial charge in [-0.05, 0) is 22.3 Å². The maximum Gasteiger partial charge on any atom is 0.409 e. The van der Waals surface area contributed by atoms with Crippen molar-refractivity contribution in [3.8, 4) is 11.1 Å². The number of nitrogens with one attached hydrogen (secondary N) is 1. The van der Waals surface area contributed by atoms with Gasteiger partial charge in [0, 0.05) is 31.8 Å². The zero-order chi connectivity index (χ0) is 19.8. The van der Waals surface area contributed by atoms with Gasteiger partial charge in [0.25, 0.3) is 0 Å². The average molecular weight is 391 g/mol. The summed E-state index contributed by atoms with van der Waals surface area (Å²) in [6.45, 7) is 1.04. The second-order valence-corrected chi connectivity index (χ2v) is 7.56. The number of benzene rings is 2. The normalized spacial score (nSPS) is 17.6. The van der Waals surface area contributed by atoms with Crippen LogP contribution in [0.3, 0.4) is 0 Å². The molecule has 2 N–H and O–H groups in total. The molecule has 1 amide bonds. The number of nitrogens with zero attached hydrogens (tertiary/aromatic N) is 4. The molecule has 148 valence electrons. The highest BCUT2D eigenvalue weighted by molar-refractivity contribution is 5.79. The van der Waals surface area contributed by atoms with Gasteiger partial charge in [-0.2, -0.15) is 5.21 Å². The van der Waals surface area contributed by atoms with Gasteiger partial charge in [-0.15, -0.1) is 10.2 Å². The van der Waals surface area contributed by atoms with Crippen LogP contribution in [0, 0.1) is 0 Å². The van der Waals surface area contributed by atoms with Gasteiger partial charge in [-0.3, -0.25) is 0 Å². The molecular formula is C21H21N5O3. The van der Waals surface area contributed by atoms with E-state index < -0.39 is 5.60 Å². The standard InChI is InChI=1S/C21H21N5O3/c27-20(26-11-9-21(28,10-12-26)19-22-24-25-23-19)29-13-18-16-7-3-1-5-14(16)15-6-2-4-8-17(15)18/h1-8,18,28H,9-13H2,(H,22,23,24,25). The first-order chi connectivity index (χ1) is 14.2. The van der Waals surface area contributed by atoms with Crippen molar-refractivity contribution in [3.63, 3.8) is 0 Å². The summed E-state index contributed by atoms with van der Waals surface area (Å²) in [4.78, 5) is 14.3. The summed E-state index contributed by atoms with van der Waals surface area (Å²) in [5, 5.41) is 24.3. The molecule has 1 aliphatic carbocycles. The molecule has 8 nitrogen and oxygen atoms in total. The number of tetrazole rings is 1. The number of ether oxygens (including phenoxy) is 1. The van der Waals surface area contributed by atoms with E-state index in [9.17, 15) is 9.90 Å². The minimum absolute atomic E-state index is 0.0346. The first-order valence-corrected chi connectivity index (χ1v) is 9.72. The molecule has 0 unspecified atom stereocenters. The number of rotatable bonds is 3.